The molecular formula is C19H19ClN6O5S. The SMILES string of the molecule is O=C(COc1ccc(-n2cnnn2)cc1)Nc1ccc(Cl)c(S(=O)(=O)N2CCOCC2)c1. The molecule has 1 N–H and O–H groups in total. The van der Waals surface area contributed by atoms with Gasteiger partial charge in [0.2, 0.25) is 10.0 Å². The molecule has 0 aliphatic carbocycles. The van der Waals surface area contributed by atoms with Crippen molar-refractivity contribution in [2.75, 3.05) is 38.2 Å². The lowest BCUT2D eigenvalue weighted by Crippen LogP contribution is -2.40. The minimum atomic E-state index is -3.81. The summed E-state index contributed by atoms with van der Waals surface area (Å²) in [7, 11) is -3.81. The van der Waals surface area contributed by atoms with Gasteiger partial charge in [-0.2, -0.15) is 4.31 Å². The van der Waals surface area contributed by atoms with Crippen LogP contribution in [0.1, 0.15) is 0 Å². The van der Waals surface area contributed by atoms with E-state index < -0.39 is 15.9 Å². The van der Waals surface area contributed by atoms with Crippen LogP contribution in [0.2, 0.25) is 5.02 Å². The molecule has 11 nitrogen and oxygen atoms in total. The van der Waals surface area contributed by atoms with E-state index in [2.05, 4.69) is 20.8 Å². The van der Waals surface area contributed by atoms with Crippen LogP contribution in [0.15, 0.2) is 53.7 Å². The highest BCUT2D eigenvalue weighted by atomic mass is 35.5. The first kappa shape index (κ1) is 22.1. The summed E-state index contributed by atoms with van der Waals surface area (Å²) in [6.45, 7) is 0.867. The second-order valence-electron chi connectivity index (χ2n) is 6.75. The molecule has 2 aromatic carbocycles. The summed E-state index contributed by atoms with van der Waals surface area (Å²) in [5.41, 5.74) is 1.03. The average molecular weight is 479 g/mol. The number of tetrazole rings is 1. The molecule has 2 heterocycles. The summed E-state index contributed by atoms with van der Waals surface area (Å²) in [6, 6.07) is 11.1. The summed E-state index contributed by atoms with van der Waals surface area (Å²) in [4.78, 5) is 12.2. The van der Waals surface area contributed by atoms with Crippen LogP contribution >= 0.6 is 11.6 Å². The van der Waals surface area contributed by atoms with Gasteiger partial charge in [-0.05, 0) is 52.9 Å². The number of ether oxygens (including phenoxy) is 2. The van der Waals surface area contributed by atoms with E-state index in [-0.39, 0.29) is 29.6 Å². The fourth-order valence-corrected chi connectivity index (χ4v) is 4.93. The van der Waals surface area contributed by atoms with E-state index in [1.807, 2.05) is 0 Å². The van der Waals surface area contributed by atoms with Crippen LogP contribution in [-0.2, 0) is 19.6 Å². The highest BCUT2D eigenvalue weighted by molar-refractivity contribution is 7.89. The predicted molar refractivity (Wildman–Crippen MR) is 114 cm³/mol. The van der Waals surface area contributed by atoms with Gasteiger partial charge in [-0.3, -0.25) is 4.79 Å². The number of hydrogen-bond acceptors (Lipinski definition) is 8. The fourth-order valence-electron chi connectivity index (χ4n) is 3.03. The number of amides is 1. The highest BCUT2D eigenvalue weighted by Gasteiger charge is 2.28. The normalized spacial score (nSPS) is 14.8. The van der Waals surface area contributed by atoms with E-state index in [0.29, 0.717) is 24.7 Å². The Labute approximate surface area is 188 Å². The van der Waals surface area contributed by atoms with Crippen molar-refractivity contribution in [2.24, 2.45) is 0 Å². The maximum atomic E-state index is 12.9. The highest BCUT2D eigenvalue weighted by Crippen LogP contribution is 2.28. The number of aromatic nitrogens is 4. The lowest BCUT2D eigenvalue weighted by atomic mass is 10.3. The number of morpholine rings is 1. The Bertz CT molecular complexity index is 1180. The lowest BCUT2D eigenvalue weighted by molar-refractivity contribution is -0.118. The number of sulfonamides is 1. The number of carbonyl (C=O) groups is 1. The summed E-state index contributed by atoms with van der Waals surface area (Å²) >= 11 is 6.14. The number of benzene rings is 2. The van der Waals surface area contributed by atoms with E-state index in [0.717, 1.165) is 5.69 Å². The van der Waals surface area contributed by atoms with Crippen molar-refractivity contribution in [3.63, 3.8) is 0 Å². The van der Waals surface area contributed by atoms with Crippen molar-refractivity contribution < 1.29 is 22.7 Å². The molecule has 3 aromatic rings. The standard InChI is InChI=1S/C19H19ClN6O5S/c20-17-6-1-14(11-18(17)32(28,29)25-7-9-30-10-8-25)22-19(27)12-31-16-4-2-15(3-5-16)26-13-21-23-24-26/h1-6,11,13H,7-10,12H2,(H,22,27). The monoisotopic (exact) mass is 478 g/mol. The van der Waals surface area contributed by atoms with Gasteiger partial charge in [0.05, 0.1) is 23.9 Å². The number of hydrogen-bond donors (Lipinski definition) is 1. The Kier molecular flexibility index (Phi) is 6.65. The van der Waals surface area contributed by atoms with Crippen LogP contribution in [0, 0.1) is 0 Å². The lowest BCUT2D eigenvalue weighted by Gasteiger charge is -2.26. The van der Waals surface area contributed by atoms with Crippen LogP contribution in [0.4, 0.5) is 5.69 Å². The number of anilines is 1. The maximum absolute atomic E-state index is 12.9. The van der Waals surface area contributed by atoms with Crippen LogP contribution in [0.3, 0.4) is 0 Å². The first-order valence-corrected chi connectivity index (χ1v) is 11.4. The molecular weight excluding hydrogens is 460 g/mol. The first-order chi connectivity index (χ1) is 15.4. The molecule has 1 aliphatic rings. The van der Waals surface area contributed by atoms with Gasteiger partial charge in [0.25, 0.3) is 5.91 Å². The first-order valence-electron chi connectivity index (χ1n) is 9.57. The number of nitrogens with one attached hydrogen (secondary N) is 1. The maximum Gasteiger partial charge on any atom is 0.262 e. The van der Waals surface area contributed by atoms with Crippen molar-refractivity contribution in [3.8, 4) is 11.4 Å². The minimum absolute atomic E-state index is 0.0713. The van der Waals surface area contributed by atoms with Crippen molar-refractivity contribution >= 4 is 33.2 Å². The van der Waals surface area contributed by atoms with E-state index in [9.17, 15) is 13.2 Å². The minimum Gasteiger partial charge on any atom is -0.484 e. The van der Waals surface area contributed by atoms with Gasteiger partial charge >= 0.3 is 0 Å². The zero-order valence-electron chi connectivity index (χ0n) is 16.7. The Hall–Kier alpha value is -3.06. The van der Waals surface area contributed by atoms with Gasteiger partial charge in [-0.1, -0.05) is 11.6 Å². The summed E-state index contributed by atoms with van der Waals surface area (Å²) in [5, 5.41) is 13.6. The molecule has 1 saturated heterocycles. The second kappa shape index (κ2) is 9.61. The summed E-state index contributed by atoms with van der Waals surface area (Å²) < 4.78 is 39.3. The molecule has 0 unspecified atom stereocenters. The Morgan fingerprint density at radius 1 is 1.16 bits per heavy atom. The van der Waals surface area contributed by atoms with Crippen LogP contribution in [0.5, 0.6) is 5.75 Å². The third-order valence-electron chi connectivity index (χ3n) is 4.62. The van der Waals surface area contributed by atoms with Gasteiger partial charge in [-0.25, -0.2) is 13.1 Å². The zero-order chi connectivity index (χ0) is 22.6. The number of halogens is 1. The molecule has 1 aromatic heterocycles. The van der Waals surface area contributed by atoms with Gasteiger partial charge in [-0.15, -0.1) is 5.10 Å². The van der Waals surface area contributed by atoms with E-state index in [1.165, 1.54) is 33.5 Å². The number of nitrogens with zero attached hydrogens (tertiary/aromatic N) is 5. The van der Waals surface area contributed by atoms with Gasteiger partial charge in [0.1, 0.15) is 17.0 Å². The predicted octanol–water partition coefficient (Wildman–Crippen LogP) is 1.35. The largest absolute Gasteiger partial charge is 0.484 e. The number of rotatable bonds is 7. The van der Waals surface area contributed by atoms with Crippen molar-refractivity contribution in [1.29, 1.82) is 0 Å². The van der Waals surface area contributed by atoms with Crippen LogP contribution in [0.25, 0.3) is 5.69 Å². The Morgan fingerprint density at radius 3 is 2.59 bits per heavy atom. The molecule has 0 saturated carbocycles. The van der Waals surface area contributed by atoms with E-state index in [1.54, 1.807) is 24.3 Å². The summed E-state index contributed by atoms with van der Waals surface area (Å²) in [5.74, 6) is 0.0234. The van der Waals surface area contributed by atoms with Crippen LogP contribution < -0.4 is 10.1 Å². The zero-order valence-corrected chi connectivity index (χ0v) is 18.3. The molecule has 1 amide bonds. The van der Waals surface area contributed by atoms with Crippen LogP contribution in [-0.4, -0.2) is 71.7 Å². The molecule has 4 rings (SSSR count). The van der Waals surface area contributed by atoms with Crippen molar-refractivity contribution in [1.82, 2.24) is 24.5 Å². The average Bonchev–Trinajstić information content (AvgIpc) is 3.35. The van der Waals surface area contributed by atoms with Crippen molar-refractivity contribution in [3.05, 3.63) is 53.8 Å². The third-order valence-corrected chi connectivity index (χ3v) is 7.00. The van der Waals surface area contributed by atoms with E-state index >= 15 is 0 Å². The summed E-state index contributed by atoms with van der Waals surface area (Å²) in [6.07, 6.45) is 1.46. The quantitative estimate of drug-likeness (QED) is 0.539. The molecule has 13 heteroatoms. The third kappa shape index (κ3) is 5.05. The smallest absolute Gasteiger partial charge is 0.262 e. The van der Waals surface area contributed by atoms with Gasteiger partial charge < -0.3 is 14.8 Å². The molecule has 32 heavy (non-hydrogen) atoms. The molecule has 1 aliphatic heterocycles. The van der Waals surface area contributed by atoms with Gasteiger partial charge in [0, 0.05) is 18.8 Å². The Morgan fingerprint density at radius 2 is 1.91 bits per heavy atom. The molecule has 0 bridgehead atoms. The van der Waals surface area contributed by atoms with E-state index in [4.69, 9.17) is 21.1 Å². The Balaban J connectivity index is 1.38. The second-order valence-corrected chi connectivity index (χ2v) is 9.06. The molecule has 168 valence electrons. The molecule has 0 spiro atoms. The molecule has 1 fully saturated rings. The molecule has 0 atom stereocenters. The number of carbonyl (C=O) groups excluding carboxylic acids is 1. The van der Waals surface area contributed by atoms with Gasteiger partial charge in [0.15, 0.2) is 6.61 Å². The van der Waals surface area contributed by atoms with Crippen molar-refractivity contribution in [2.45, 2.75) is 4.90 Å². The topological polar surface area (TPSA) is 129 Å². The fraction of sp³-hybridized carbons (Fsp3) is 0.263. The molecule has 0 radical (unpaired) electrons.